The van der Waals surface area contributed by atoms with Crippen LogP contribution in [-0.2, 0) is 0 Å². The topological polar surface area (TPSA) is 76.7 Å². The molecule has 1 aliphatic rings. The van der Waals surface area contributed by atoms with Crippen molar-refractivity contribution < 1.29 is 4.39 Å². The largest absolute Gasteiger partial charge is 0.368 e. The molecule has 128 valence electrons. The second-order valence-corrected chi connectivity index (χ2v) is 7.06. The van der Waals surface area contributed by atoms with Crippen LogP contribution in [0.4, 0.5) is 10.3 Å². The summed E-state index contributed by atoms with van der Waals surface area (Å²) in [5, 5.41) is 4.40. The lowest BCUT2D eigenvalue weighted by Gasteiger charge is -2.20. The summed E-state index contributed by atoms with van der Waals surface area (Å²) in [6, 6.07) is 8.50. The summed E-state index contributed by atoms with van der Waals surface area (Å²) in [6.45, 7) is 1.96. The summed E-state index contributed by atoms with van der Waals surface area (Å²) in [5.74, 6) is 0.312. The highest BCUT2D eigenvalue weighted by atomic mass is 32.1. The monoisotopic (exact) mass is 355 g/mol. The molecule has 1 saturated heterocycles. The van der Waals surface area contributed by atoms with Crippen molar-refractivity contribution >= 4 is 17.3 Å². The molecule has 0 bridgehead atoms. The predicted octanol–water partition coefficient (Wildman–Crippen LogP) is 3.46. The maximum atomic E-state index is 14.4. The van der Waals surface area contributed by atoms with E-state index in [1.54, 1.807) is 35.7 Å². The lowest BCUT2D eigenvalue weighted by atomic mass is 9.99. The highest BCUT2D eigenvalue weighted by molar-refractivity contribution is 7.15. The minimum absolute atomic E-state index is 0.203. The van der Waals surface area contributed by atoms with Crippen molar-refractivity contribution in [2.24, 2.45) is 0 Å². The number of anilines is 1. The number of benzene rings is 1. The van der Waals surface area contributed by atoms with Gasteiger partial charge in [0.05, 0.1) is 21.3 Å². The quantitative estimate of drug-likeness (QED) is 0.752. The third-order valence-electron chi connectivity index (χ3n) is 4.37. The van der Waals surface area contributed by atoms with E-state index in [1.807, 2.05) is 6.07 Å². The van der Waals surface area contributed by atoms with E-state index in [0.29, 0.717) is 22.9 Å². The van der Waals surface area contributed by atoms with E-state index >= 15 is 0 Å². The van der Waals surface area contributed by atoms with Gasteiger partial charge in [0.2, 0.25) is 5.95 Å². The first kappa shape index (κ1) is 16.1. The summed E-state index contributed by atoms with van der Waals surface area (Å²) < 4.78 is 14.4. The molecule has 0 atom stereocenters. The van der Waals surface area contributed by atoms with Crippen molar-refractivity contribution in [2.45, 2.75) is 18.8 Å². The van der Waals surface area contributed by atoms with E-state index in [4.69, 9.17) is 10.7 Å². The number of aromatic nitrogens is 3. The van der Waals surface area contributed by atoms with Crippen molar-refractivity contribution in [3.05, 3.63) is 47.4 Å². The number of piperidine rings is 1. The van der Waals surface area contributed by atoms with Crippen molar-refractivity contribution in [1.82, 2.24) is 20.3 Å². The Kier molecular flexibility index (Phi) is 4.42. The van der Waals surface area contributed by atoms with E-state index in [0.717, 1.165) is 35.8 Å². The molecule has 0 saturated carbocycles. The average Bonchev–Trinajstić information content (AvgIpc) is 3.08. The van der Waals surface area contributed by atoms with Crippen LogP contribution >= 0.6 is 11.3 Å². The Morgan fingerprint density at radius 1 is 1.12 bits per heavy atom. The summed E-state index contributed by atoms with van der Waals surface area (Å²) in [4.78, 5) is 13.9. The molecule has 4 rings (SSSR count). The number of nitrogens with one attached hydrogen (secondary N) is 1. The van der Waals surface area contributed by atoms with Gasteiger partial charge in [-0.25, -0.2) is 19.3 Å². The molecule has 3 heterocycles. The Balaban J connectivity index is 1.85. The SMILES string of the molecule is Nc1nccc(-c2sc(C3CCNCC3)nc2-c2ccccc2F)n1. The van der Waals surface area contributed by atoms with Gasteiger partial charge in [0.25, 0.3) is 0 Å². The molecule has 7 heteroatoms. The number of thiazole rings is 1. The summed E-state index contributed by atoms with van der Waals surface area (Å²) in [7, 11) is 0. The van der Waals surface area contributed by atoms with Crippen molar-refractivity contribution in [1.29, 1.82) is 0 Å². The van der Waals surface area contributed by atoms with Crippen LogP contribution in [-0.4, -0.2) is 28.0 Å². The molecule has 1 aromatic carbocycles. The van der Waals surface area contributed by atoms with Gasteiger partial charge in [-0.05, 0) is 44.1 Å². The molecule has 0 spiro atoms. The van der Waals surface area contributed by atoms with Gasteiger partial charge in [0.15, 0.2) is 0 Å². The molecule has 1 aliphatic heterocycles. The Morgan fingerprint density at radius 2 is 1.92 bits per heavy atom. The van der Waals surface area contributed by atoms with Crippen LogP contribution in [0.15, 0.2) is 36.5 Å². The summed E-state index contributed by atoms with van der Waals surface area (Å²) >= 11 is 1.58. The minimum Gasteiger partial charge on any atom is -0.368 e. The fourth-order valence-corrected chi connectivity index (χ4v) is 4.31. The highest BCUT2D eigenvalue weighted by Crippen LogP contribution is 2.41. The second-order valence-electron chi connectivity index (χ2n) is 6.03. The number of halogens is 1. The fourth-order valence-electron chi connectivity index (χ4n) is 3.09. The standard InChI is InChI=1S/C18H18FN5S/c19-13-4-2-1-3-12(13)15-16(14-7-10-22-18(20)23-14)25-17(24-15)11-5-8-21-9-6-11/h1-4,7,10-11,21H,5-6,8-9H2,(H2,20,22,23). The Bertz CT molecular complexity index is 889. The Morgan fingerprint density at radius 3 is 2.68 bits per heavy atom. The third-order valence-corrected chi connectivity index (χ3v) is 5.61. The molecule has 3 aromatic rings. The van der Waals surface area contributed by atoms with E-state index in [2.05, 4.69) is 15.3 Å². The van der Waals surface area contributed by atoms with Gasteiger partial charge in [-0.2, -0.15) is 0 Å². The van der Waals surface area contributed by atoms with Crippen LogP contribution < -0.4 is 11.1 Å². The normalized spacial score (nSPS) is 15.4. The van der Waals surface area contributed by atoms with Gasteiger partial charge in [-0.3, -0.25) is 0 Å². The molecule has 0 unspecified atom stereocenters. The zero-order chi connectivity index (χ0) is 17.2. The molecule has 25 heavy (non-hydrogen) atoms. The van der Waals surface area contributed by atoms with Gasteiger partial charge in [0, 0.05) is 17.7 Å². The van der Waals surface area contributed by atoms with Crippen molar-refractivity contribution in [3.63, 3.8) is 0 Å². The zero-order valence-electron chi connectivity index (χ0n) is 13.6. The number of nitrogens with two attached hydrogens (primary N) is 1. The lowest BCUT2D eigenvalue weighted by molar-refractivity contribution is 0.459. The smallest absolute Gasteiger partial charge is 0.220 e. The third kappa shape index (κ3) is 3.25. The number of rotatable bonds is 3. The van der Waals surface area contributed by atoms with Crippen LogP contribution in [0.3, 0.4) is 0 Å². The van der Waals surface area contributed by atoms with Gasteiger partial charge in [-0.1, -0.05) is 12.1 Å². The molecular formula is C18H18FN5S. The van der Waals surface area contributed by atoms with E-state index in [-0.39, 0.29) is 11.8 Å². The molecule has 2 aromatic heterocycles. The van der Waals surface area contributed by atoms with E-state index in [9.17, 15) is 4.39 Å². The van der Waals surface area contributed by atoms with Crippen LogP contribution in [0.1, 0.15) is 23.8 Å². The molecule has 0 radical (unpaired) electrons. The molecule has 0 amide bonds. The van der Waals surface area contributed by atoms with Gasteiger partial charge in [0.1, 0.15) is 5.82 Å². The zero-order valence-corrected chi connectivity index (χ0v) is 14.4. The van der Waals surface area contributed by atoms with Crippen molar-refractivity contribution in [2.75, 3.05) is 18.8 Å². The first-order chi connectivity index (χ1) is 12.2. The van der Waals surface area contributed by atoms with Gasteiger partial charge >= 0.3 is 0 Å². The Labute approximate surface area is 149 Å². The fraction of sp³-hybridized carbons (Fsp3) is 0.278. The summed E-state index contributed by atoms with van der Waals surface area (Å²) in [6.07, 6.45) is 3.69. The number of hydrogen-bond acceptors (Lipinski definition) is 6. The predicted molar refractivity (Wildman–Crippen MR) is 97.8 cm³/mol. The van der Waals surface area contributed by atoms with Crippen molar-refractivity contribution in [3.8, 4) is 21.8 Å². The first-order valence-electron chi connectivity index (χ1n) is 8.27. The van der Waals surface area contributed by atoms with Crippen LogP contribution in [0.2, 0.25) is 0 Å². The van der Waals surface area contributed by atoms with E-state index in [1.165, 1.54) is 6.07 Å². The minimum atomic E-state index is -0.284. The molecule has 5 nitrogen and oxygen atoms in total. The number of nitrogens with zero attached hydrogens (tertiary/aromatic N) is 3. The molecule has 1 fully saturated rings. The highest BCUT2D eigenvalue weighted by Gasteiger charge is 2.24. The molecule has 3 N–H and O–H groups in total. The van der Waals surface area contributed by atoms with Gasteiger partial charge in [-0.15, -0.1) is 11.3 Å². The van der Waals surface area contributed by atoms with Gasteiger partial charge < -0.3 is 11.1 Å². The maximum Gasteiger partial charge on any atom is 0.220 e. The second kappa shape index (κ2) is 6.85. The Hall–Kier alpha value is -2.38. The molecular weight excluding hydrogens is 337 g/mol. The summed E-state index contributed by atoms with van der Waals surface area (Å²) in [5.41, 5.74) is 7.55. The maximum absolute atomic E-state index is 14.4. The molecule has 0 aliphatic carbocycles. The van der Waals surface area contributed by atoms with Crippen LogP contribution in [0.5, 0.6) is 0 Å². The average molecular weight is 355 g/mol. The first-order valence-corrected chi connectivity index (χ1v) is 9.09. The van der Waals surface area contributed by atoms with E-state index < -0.39 is 0 Å². The number of hydrogen-bond donors (Lipinski definition) is 2. The van der Waals surface area contributed by atoms with Crippen LogP contribution in [0.25, 0.3) is 21.8 Å². The number of nitrogen functional groups attached to an aromatic ring is 1. The lowest BCUT2D eigenvalue weighted by Crippen LogP contribution is -2.26. The van der Waals surface area contributed by atoms with Crippen LogP contribution in [0, 0.1) is 5.82 Å².